The van der Waals surface area contributed by atoms with Crippen LogP contribution in [0.2, 0.25) is 0 Å². The zero-order valence-electron chi connectivity index (χ0n) is 16.2. The highest BCUT2D eigenvalue weighted by molar-refractivity contribution is 5.40. The Bertz CT molecular complexity index is 1100. The van der Waals surface area contributed by atoms with Gasteiger partial charge < -0.3 is 4.90 Å². The van der Waals surface area contributed by atoms with E-state index in [1.54, 1.807) is 10.5 Å². The van der Waals surface area contributed by atoms with Gasteiger partial charge in [0.1, 0.15) is 23.9 Å². The Hall–Kier alpha value is -3.24. The molecular weight excluding hydrogens is 346 g/mol. The fraction of sp³-hybridized carbons (Fsp3) is 0.167. The summed E-state index contributed by atoms with van der Waals surface area (Å²) in [7, 11) is 2.16. The number of aryl methyl sites for hydroxylation is 1. The average molecular weight is 370 g/mol. The molecule has 140 valence electrons. The fourth-order valence-electron chi connectivity index (χ4n) is 3.89. The second-order valence-electron chi connectivity index (χ2n) is 7.22. The Morgan fingerprint density at radius 2 is 1.50 bits per heavy atom. The third kappa shape index (κ3) is 3.59. The van der Waals surface area contributed by atoms with Crippen LogP contribution in [-0.4, -0.2) is 16.4 Å². The van der Waals surface area contributed by atoms with Gasteiger partial charge in [-0.05, 0) is 19.1 Å². The van der Waals surface area contributed by atoms with Crippen molar-refractivity contribution in [2.45, 2.75) is 19.5 Å². The standard InChI is InChI=1S/C24H23N3O/c1-18-10-9-15-22-25-21(16-23(28)27(18)22)17-26(2)24(19-11-5-3-6-12-19)20-13-7-4-8-14-20/h3-16,24H,17H2,1-2H3/p+1. The second-order valence-corrected chi connectivity index (χ2v) is 7.22. The fourth-order valence-corrected chi connectivity index (χ4v) is 3.89. The summed E-state index contributed by atoms with van der Waals surface area (Å²) in [5.41, 5.74) is 4.88. The number of nitrogens with one attached hydrogen (secondary N) is 1. The Balaban J connectivity index is 1.71. The predicted molar refractivity (Wildman–Crippen MR) is 112 cm³/mol. The Morgan fingerprint density at radius 3 is 2.11 bits per heavy atom. The number of aromatic nitrogens is 2. The van der Waals surface area contributed by atoms with Gasteiger partial charge in [0.2, 0.25) is 0 Å². The Kier molecular flexibility index (Phi) is 5.04. The van der Waals surface area contributed by atoms with Gasteiger partial charge in [-0.25, -0.2) is 4.98 Å². The first-order chi connectivity index (χ1) is 13.6. The van der Waals surface area contributed by atoms with Crippen LogP contribution in [-0.2, 0) is 6.54 Å². The third-order valence-electron chi connectivity index (χ3n) is 5.15. The van der Waals surface area contributed by atoms with Crippen LogP contribution in [0.15, 0.2) is 89.7 Å². The molecule has 1 N–H and O–H groups in total. The highest BCUT2D eigenvalue weighted by Gasteiger charge is 2.23. The molecule has 0 radical (unpaired) electrons. The molecule has 0 spiro atoms. The summed E-state index contributed by atoms with van der Waals surface area (Å²) in [6.07, 6.45) is 0. The van der Waals surface area contributed by atoms with Crippen molar-refractivity contribution in [2.24, 2.45) is 0 Å². The molecule has 1 unspecified atom stereocenters. The van der Waals surface area contributed by atoms with Gasteiger partial charge in [-0.3, -0.25) is 9.20 Å². The van der Waals surface area contributed by atoms with E-state index in [0.29, 0.717) is 12.2 Å². The van der Waals surface area contributed by atoms with Crippen LogP contribution in [0.1, 0.15) is 28.6 Å². The van der Waals surface area contributed by atoms with Gasteiger partial charge in [-0.15, -0.1) is 0 Å². The van der Waals surface area contributed by atoms with Crippen molar-refractivity contribution in [1.29, 1.82) is 0 Å². The van der Waals surface area contributed by atoms with Crippen LogP contribution in [0.5, 0.6) is 0 Å². The van der Waals surface area contributed by atoms with Crippen LogP contribution in [0.3, 0.4) is 0 Å². The number of rotatable bonds is 5. The Labute approximate surface area is 164 Å². The molecule has 0 aliphatic rings. The van der Waals surface area contributed by atoms with E-state index >= 15 is 0 Å². The largest absolute Gasteiger partial charge is 0.322 e. The lowest BCUT2D eigenvalue weighted by atomic mass is 9.97. The molecule has 0 fully saturated rings. The van der Waals surface area contributed by atoms with Gasteiger partial charge in [0.15, 0.2) is 0 Å². The maximum atomic E-state index is 12.6. The second kappa shape index (κ2) is 7.79. The maximum Gasteiger partial charge on any atom is 0.258 e. The first kappa shape index (κ1) is 18.1. The lowest BCUT2D eigenvalue weighted by Gasteiger charge is -2.26. The highest BCUT2D eigenvalue weighted by atomic mass is 16.1. The van der Waals surface area contributed by atoms with E-state index in [0.717, 1.165) is 11.4 Å². The van der Waals surface area contributed by atoms with Crippen LogP contribution in [0.25, 0.3) is 5.65 Å². The zero-order valence-corrected chi connectivity index (χ0v) is 16.2. The van der Waals surface area contributed by atoms with Crippen molar-refractivity contribution in [3.63, 3.8) is 0 Å². The number of fused-ring (bicyclic) bond motifs is 1. The van der Waals surface area contributed by atoms with Crippen molar-refractivity contribution >= 4 is 5.65 Å². The topological polar surface area (TPSA) is 38.8 Å². The van der Waals surface area contributed by atoms with E-state index in [2.05, 4.69) is 55.6 Å². The van der Waals surface area contributed by atoms with Crippen molar-refractivity contribution in [3.8, 4) is 0 Å². The van der Waals surface area contributed by atoms with E-state index in [1.807, 2.05) is 37.3 Å². The van der Waals surface area contributed by atoms with Gasteiger partial charge >= 0.3 is 0 Å². The molecule has 0 saturated carbocycles. The molecule has 2 aromatic heterocycles. The van der Waals surface area contributed by atoms with E-state index in [9.17, 15) is 4.79 Å². The molecule has 0 aliphatic heterocycles. The molecule has 0 aliphatic carbocycles. The number of nitrogens with zero attached hydrogens (tertiary/aromatic N) is 2. The van der Waals surface area contributed by atoms with Gasteiger partial charge in [0, 0.05) is 22.9 Å². The summed E-state index contributed by atoms with van der Waals surface area (Å²) < 4.78 is 1.66. The smallest absolute Gasteiger partial charge is 0.258 e. The summed E-state index contributed by atoms with van der Waals surface area (Å²) in [6.45, 7) is 2.59. The SMILES string of the molecule is Cc1cccc2nc(C[NH+](C)C(c3ccccc3)c3ccccc3)cc(=O)n12. The van der Waals surface area contributed by atoms with Crippen molar-refractivity contribution in [2.75, 3.05) is 7.05 Å². The number of pyridine rings is 1. The molecule has 4 nitrogen and oxygen atoms in total. The molecule has 4 rings (SSSR count). The number of benzene rings is 2. The van der Waals surface area contributed by atoms with Crippen molar-refractivity contribution in [3.05, 3.63) is 118 Å². The first-order valence-corrected chi connectivity index (χ1v) is 9.54. The number of hydrogen-bond donors (Lipinski definition) is 1. The normalized spacial score (nSPS) is 12.4. The van der Waals surface area contributed by atoms with E-state index in [1.165, 1.54) is 16.0 Å². The monoisotopic (exact) mass is 370 g/mol. The van der Waals surface area contributed by atoms with Crippen LogP contribution < -0.4 is 10.5 Å². The van der Waals surface area contributed by atoms with Crippen LogP contribution >= 0.6 is 0 Å². The predicted octanol–water partition coefficient (Wildman–Crippen LogP) is 2.81. The average Bonchev–Trinajstić information content (AvgIpc) is 2.69. The molecule has 2 aromatic carbocycles. The molecular formula is C24H24N3O+. The summed E-state index contributed by atoms with van der Waals surface area (Å²) in [6, 6.07) is 28.6. The van der Waals surface area contributed by atoms with Crippen molar-refractivity contribution in [1.82, 2.24) is 9.38 Å². The number of quaternary nitrogens is 1. The maximum absolute atomic E-state index is 12.6. The molecule has 1 atom stereocenters. The van der Waals surface area contributed by atoms with Gasteiger partial charge in [-0.1, -0.05) is 66.7 Å². The minimum atomic E-state index is -0.0260. The molecule has 4 aromatic rings. The summed E-state index contributed by atoms with van der Waals surface area (Å²) in [5.74, 6) is 0. The Morgan fingerprint density at radius 1 is 0.893 bits per heavy atom. The zero-order chi connectivity index (χ0) is 19.5. The molecule has 0 saturated heterocycles. The van der Waals surface area contributed by atoms with E-state index in [-0.39, 0.29) is 11.6 Å². The van der Waals surface area contributed by atoms with E-state index < -0.39 is 0 Å². The lowest BCUT2D eigenvalue weighted by Crippen LogP contribution is -3.08. The minimum absolute atomic E-state index is 0.0260. The molecule has 4 heteroatoms. The number of hydrogen-bond acceptors (Lipinski definition) is 2. The lowest BCUT2D eigenvalue weighted by molar-refractivity contribution is -0.920. The first-order valence-electron chi connectivity index (χ1n) is 9.54. The van der Waals surface area contributed by atoms with Crippen molar-refractivity contribution < 1.29 is 4.90 Å². The van der Waals surface area contributed by atoms with Crippen LogP contribution in [0, 0.1) is 6.92 Å². The summed E-state index contributed by atoms with van der Waals surface area (Å²) in [5, 5.41) is 0. The molecule has 0 bridgehead atoms. The van der Waals surface area contributed by atoms with Gasteiger partial charge in [0.05, 0.1) is 7.05 Å². The molecule has 0 amide bonds. The highest BCUT2D eigenvalue weighted by Crippen LogP contribution is 2.19. The van der Waals surface area contributed by atoms with Gasteiger partial charge in [0.25, 0.3) is 5.56 Å². The molecule has 2 heterocycles. The molecule has 28 heavy (non-hydrogen) atoms. The van der Waals surface area contributed by atoms with Gasteiger partial charge in [-0.2, -0.15) is 0 Å². The van der Waals surface area contributed by atoms with E-state index in [4.69, 9.17) is 4.98 Å². The van der Waals surface area contributed by atoms with Crippen LogP contribution in [0.4, 0.5) is 0 Å². The summed E-state index contributed by atoms with van der Waals surface area (Å²) in [4.78, 5) is 18.6. The minimum Gasteiger partial charge on any atom is -0.322 e. The quantitative estimate of drug-likeness (QED) is 0.587. The summed E-state index contributed by atoms with van der Waals surface area (Å²) >= 11 is 0. The third-order valence-corrected chi connectivity index (χ3v) is 5.15.